The highest BCUT2D eigenvalue weighted by atomic mass is 16.2. The van der Waals surface area contributed by atoms with Crippen LogP contribution in [0.15, 0.2) is 24.3 Å². The van der Waals surface area contributed by atoms with Crippen molar-refractivity contribution in [2.45, 2.75) is 64.5 Å². The third kappa shape index (κ3) is 4.11. The summed E-state index contributed by atoms with van der Waals surface area (Å²) in [5.41, 5.74) is 6.45. The minimum absolute atomic E-state index is 0.259. The van der Waals surface area contributed by atoms with Crippen LogP contribution >= 0.6 is 0 Å². The highest BCUT2D eigenvalue weighted by Crippen LogP contribution is 2.28. The van der Waals surface area contributed by atoms with E-state index in [-0.39, 0.29) is 5.91 Å². The lowest BCUT2D eigenvalue weighted by Gasteiger charge is -2.40. The zero-order valence-corrected chi connectivity index (χ0v) is 18.3. The molecule has 0 bridgehead atoms. The number of nitrogens with zero attached hydrogens (tertiary/aromatic N) is 4. The molecule has 2 aliphatic rings. The molecule has 5 heteroatoms. The molecule has 0 radical (unpaired) electrons. The summed E-state index contributed by atoms with van der Waals surface area (Å²) in [4.78, 5) is 17.6. The van der Waals surface area contributed by atoms with Crippen LogP contribution in [0.3, 0.4) is 0 Å². The third-order valence-electron chi connectivity index (χ3n) is 7.16. The summed E-state index contributed by atoms with van der Waals surface area (Å²) in [7, 11) is 3.97. The van der Waals surface area contributed by atoms with Crippen molar-refractivity contribution < 1.29 is 4.79 Å². The molecule has 1 saturated heterocycles. The lowest BCUT2D eigenvalue weighted by Crippen LogP contribution is -2.51. The molecular formula is C24H34N4O. The Bertz CT molecular complexity index is 862. The summed E-state index contributed by atoms with van der Waals surface area (Å²) < 4.78 is 1.91. The highest BCUT2D eigenvalue weighted by Gasteiger charge is 2.32. The van der Waals surface area contributed by atoms with Crippen LogP contribution in [0.4, 0.5) is 0 Å². The van der Waals surface area contributed by atoms with Gasteiger partial charge in [0, 0.05) is 44.8 Å². The van der Waals surface area contributed by atoms with Crippen LogP contribution in [-0.4, -0.2) is 57.7 Å². The molecule has 2 aromatic rings. The van der Waals surface area contributed by atoms with Crippen molar-refractivity contribution in [3.8, 4) is 0 Å². The molecule has 29 heavy (non-hydrogen) atoms. The summed E-state index contributed by atoms with van der Waals surface area (Å²) >= 11 is 0. The molecule has 1 fully saturated rings. The van der Waals surface area contributed by atoms with Crippen LogP contribution in [-0.2, 0) is 31.1 Å². The second-order valence-electron chi connectivity index (χ2n) is 8.90. The van der Waals surface area contributed by atoms with Gasteiger partial charge in [0.15, 0.2) is 0 Å². The van der Waals surface area contributed by atoms with E-state index in [9.17, 15) is 4.79 Å². The SMILES string of the molecule is Cc1nn(C)c(C)c1CCC(=O)N(C)C1CCCN(C2Cc3ccccc3C2)C1. The Balaban J connectivity index is 1.34. The molecule has 5 nitrogen and oxygen atoms in total. The molecule has 1 aromatic carbocycles. The molecule has 0 N–H and O–H groups in total. The Kier molecular flexibility index (Phi) is 5.77. The molecule has 0 spiro atoms. The van der Waals surface area contributed by atoms with E-state index in [1.807, 2.05) is 30.6 Å². The summed E-state index contributed by atoms with van der Waals surface area (Å²) in [6.07, 6.45) is 5.94. The Hall–Kier alpha value is -2.14. The summed E-state index contributed by atoms with van der Waals surface area (Å²) in [6.45, 7) is 6.29. The number of hydrogen-bond donors (Lipinski definition) is 0. The quantitative estimate of drug-likeness (QED) is 0.783. The fourth-order valence-corrected chi connectivity index (χ4v) is 5.22. The molecule has 1 aromatic heterocycles. The Morgan fingerprint density at radius 3 is 2.52 bits per heavy atom. The van der Waals surface area contributed by atoms with Crippen molar-refractivity contribution in [2.24, 2.45) is 7.05 Å². The number of carbonyl (C=O) groups is 1. The van der Waals surface area contributed by atoms with Crippen molar-refractivity contribution >= 4 is 5.91 Å². The van der Waals surface area contributed by atoms with Gasteiger partial charge >= 0.3 is 0 Å². The maximum Gasteiger partial charge on any atom is 0.222 e. The lowest BCUT2D eigenvalue weighted by molar-refractivity contribution is -0.133. The number of hydrogen-bond acceptors (Lipinski definition) is 3. The number of rotatable bonds is 5. The van der Waals surface area contributed by atoms with Gasteiger partial charge in [0.25, 0.3) is 0 Å². The smallest absolute Gasteiger partial charge is 0.222 e. The van der Waals surface area contributed by atoms with E-state index in [0.29, 0.717) is 18.5 Å². The number of aromatic nitrogens is 2. The zero-order valence-electron chi connectivity index (χ0n) is 18.3. The van der Waals surface area contributed by atoms with Gasteiger partial charge in [0.1, 0.15) is 0 Å². The monoisotopic (exact) mass is 394 g/mol. The maximum absolute atomic E-state index is 12.9. The van der Waals surface area contributed by atoms with Crippen molar-refractivity contribution in [3.63, 3.8) is 0 Å². The number of amides is 1. The van der Waals surface area contributed by atoms with Gasteiger partial charge in [-0.05, 0) is 69.2 Å². The van der Waals surface area contributed by atoms with Crippen molar-refractivity contribution in [1.82, 2.24) is 19.6 Å². The molecule has 4 rings (SSSR count). The van der Waals surface area contributed by atoms with E-state index >= 15 is 0 Å². The number of piperidine rings is 1. The van der Waals surface area contributed by atoms with Crippen LogP contribution in [0.2, 0.25) is 0 Å². The second kappa shape index (κ2) is 8.31. The Morgan fingerprint density at radius 2 is 1.90 bits per heavy atom. The van der Waals surface area contributed by atoms with E-state index in [4.69, 9.17) is 0 Å². The average Bonchev–Trinajstić information content (AvgIpc) is 3.26. The van der Waals surface area contributed by atoms with E-state index in [1.165, 1.54) is 28.8 Å². The standard InChI is InChI=1S/C24H34N4O/c1-17-23(18(2)27(4)25-17)11-12-24(29)26(3)21-10-7-13-28(16-21)22-14-19-8-5-6-9-20(19)15-22/h5-6,8-9,21-22H,7,10-16H2,1-4H3. The average molecular weight is 395 g/mol. The predicted octanol–water partition coefficient (Wildman–Crippen LogP) is 3.06. The molecular weight excluding hydrogens is 360 g/mol. The van der Waals surface area contributed by atoms with E-state index in [2.05, 4.69) is 41.2 Å². The largest absolute Gasteiger partial charge is 0.341 e. The van der Waals surface area contributed by atoms with Crippen LogP contribution in [0.25, 0.3) is 0 Å². The molecule has 1 aliphatic carbocycles. The van der Waals surface area contributed by atoms with Crippen LogP contribution in [0.1, 0.15) is 47.3 Å². The number of likely N-dealkylation sites (tertiary alicyclic amines) is 1. The number of aryl methyl sites for hydroxylation is 2. The number of fused-ring (bicyclic) bond motifs is 1. The first kappa shape index (κ1) is 20.1. The second-order valence-corrected chi connectivity index (χ2v) is 8.90. The Labute approximate surface area is 174 Å². The van der Waals surface area contributed by atoms with Gasteiger partial charge in [-0.3, -0.25) is 14.4 Å². The summed E-state index contributed by atoms with van der Waals surface area (Å²) in [6, 6.07) is 9.77. The van der Waals surface area contributed by atoms with E-state index in [1.54, 1.807) is 0 Å². The summed E-state index contributed by atoms with van der Waals surface area (Å²) in [5.74, 6) is 0.259. The molecule has 1 unspecified atom stereocenters. The van der Waals surface area contributed by atoms with Gasteiger partial charge < -0.3 is 4.90 Å². The molecule has 1 amide bonds. The Morgan fingerprint density at radius 1 is 1.21 bits per heavy atom. The van der Waals surface area contributed by atoms with Gasteiger partial charge in [-0.15, -0.1) is 0 Å². The van der Waals surface area contributed by atoms with Crippen molar-refractivity contribution in [2.75, 3.05) is 20.1 Å². The normalized spacial score (nSPS) is 20.1. The number of likely N-dealkylation sites (N-methyl/N-ethyl adjacent to an activating group) is 1. The van der Waals surface area contributed by atoms with Crippen molar-refractivity contribution in [3.05, 3.63) is 52.3 Å². The first-order chi connectivity index (χ1) is 13.9. The topological polar surface area (TPSA) is 41.4 Å². The lowest BCUT2D eigenvalue weighted by atomic mass is 10.0. The predicted molar refractivity (Wildman–Crippen MR) is 116 cm³/mol. The van der Waals surface area contributed by atoms with Crippen molar-refractivity contribution in [1.29, 1.82) is 0 Å². The van der Waals surface area contributed by atoms with Gasteiger partial charge in [0.05, 0.1) is 5.69 Å². The molecule has 156 valence electrons. The fraction of sp³-hybridized carbons (Fsp3) is 0.583. The minimum atomic E-state index is 0.259. The molecule has 2 heterocycles. The first-order valence-electron chi connectivity index (χ1n) is 11.0. The van der Waals surface area contributed by atoms with Gasteiger partial charge in [0.2, 0.25) is 5.91 Å². The maximum atomic E-state index is 12.9. The molecule has 1 atom stereocenters. The third-order valence-corrected chi connectivity index (χ3v) is 7.16. The first-order valence-corrected chi connectivity index (χ1v) is 11.0. The fourth-order valence-electron chi connectivity index (χ4n) is 5.22. The van der Waals surface area contributed by atoms with Gasteiger partial charge in [-0.1, -0.05) is 24.3 Å². The minimum Gasteiger partial charge on any atom is -0.341 e. The number of carbonyl (C=O) groups excluding carboxylic acids is 1. The molecule has 0 saturated carbocycles. The van der Waals surface area contributed by atoms with Gasteiger partial charge in [-0.25, -0.2) is 0 Å². The summed E-state index contributed by atoms with van der Waals surface area (Å²) in [5, 5.41) is 4.48. The number of benzene rings is 1. The van der Waals surface area contributed by atoms with E-state index < -0.39 is 0 Å². The van der Waals surface area contributed by atoms with E-state index in [0.717, 1.165) is 44.5 Å². The van der Waals surface area contributed by atoms with Gasteiger partial charge in [-0.2, -0.15) is 5.10 Å². The highest BCUT2D eigenvalue weighted by molar-refractivity contribution is 5.76. The molecule has 1 aliphatic heterocycles. The van der Waals surface area contributed by atoms with Crippen LogP contribution in [0, 0.1) is 13.8 Å². The van der Waals surface area contributed by atoms with Crippen LogP contribution < -0.4 is 0 Å². The zero-order chi connectivity index (χ0) is 20.5. The van der Waals surface area contributed by atoms with Crippen LogP contribution in [0.5, 0.6) is 0 Å².